The molecule has 1 aromatic heterocycles. The van der Waals surface area contributed by atoms with E-state index in [0.29, 0.717) is 23.2 Å². The number of aromatic nitrogens is 1. The molecular weight excluding hydrogens is 344 g/mol. The Morgan fingerprint density at radius 2 is 1.81 bits per heavy atom. The number of pyridine rings is 1. The van der Waals surface area contributed by atoms with Crippen molar-refractivity contribution < 1.29 is 14.3 Å². The highest BCUT2D eigenvalue weighted by Gasteiger charge is 2.20. The second-order valence-electron chi connectivity index (χ2n) is 6.53. The van der Waals surface area contributed by atoms with E-state index < -0.39 is 17.6 Å². The summed E-state index contributed by atoms with van der Waals surface area (Å²) in [7, 11) is 0. The average molecular weight is 366 g/mol. The van der Waals surface area contributed by atoms with Crippen molar-refractivity contribution in [3.63, 3.8) is 0 Å². The van der Waals surface area contributed by atoms with Crippen LogP contribution in [0.1, 0.15) is 51.7 Å². The highest BCUT2D eigenvalue weighted by molar-refractivity contribution is 6.00. The molecule has 0 fully saturated rings. The summed E-state index contributed by atoms with van der Waals surface area (Å²) in [5, 5.41) is 9.10. The number of H-pyrrole nitrogens is 1. The number of esters is 1. The van der Waals surface area contributed by atoms with Crippen molar-refractivity contribution in [3.05, 3.63) is 68.1 Å². The molecule has 0 saturated carbocycles. The molecule has 0 bridgehead atoms. The molecule has 6 nitrogen and oxygen atoms in total. The van der Waals surface area contributed by atoms with Gasteiger partial charge in [0.1, 0.15) is 11.6 Å². The van der Waals surface area contributed by atoms with Crippen molar-refractivity contribution in [2.24, 2.45) is 0 Å². The van der Waals surface area contributed by atoms with Crippen molar-refractivity contribution >= 4 is 11.8 Å². The zero-order valence-electron chi connectivity index (χ0n) is 15.9. The number of aryl methyl sites for hydroxylation is 2. The van der Waals surface area contributed by atoms with Crippen molar-refractivity contribution in [3.8, 4) is 6.07 Å². The summed E-state index contributed by atoms with van der Waals surface area (Å²) in [5.74, 6) is -0.766. The standard InChI is InChI=1S/C21H22N2O4/c1-12-5-7-16(8-6-12)20(25)15(4)27-19(24)10-9-17-13(2)18(11-22)21(26)23-14(17)3/h5-8,15H,9-10H2,1-4H3,(H,23,26)/t15-/m1/s1. The van der Waals surface area contributed by atoms with Crippen LogP contribution in [0.3, 0.4) is 0 Å². The molecule has 1 N–H and O–H groups in total. The maximum Gasteiger partial charge on any atom is 0.306 e. The van der Waals surface area contributed by atoms with Gasteiger partial charge in [-0.3, -0.25) is 14.4 Å². The van der Waals surface area contributed by atoms with E-state index in [1.165, 1.54) is 0 Å². The Bertz CT molecular complexity index is 965. The molecule has 0 saturated heterocycles. The molecule has 27 heavy (non-hydrogen) atoms. The fourth-order valence-electron chi connectivity index (χ4n) is 2.91. The molecule has 0 unspecified atom stereocenters. The van der Waals surface area contributed by atoms with E-state index in [4.69, 9.17) is 10.00 Å². The van der Waals surface area contributed by atoms with Crippen LogP contribution in [0.5, 0.6) is 0 Å². The Balaban J connectivity index is 2.02. The fourth-order valence-corrected chi connectivity index (χ4v) is 2.91. The maximum atomic E-state index is 12.3. The van der Waals surface area contributed by atoms with Crippen molar-refractivity contribution in [1.82, 2.24) is 4.98 Å². The first kappa shape index (κ1) is 20.1. The van der Waals surface area contributed by atoms with Gasteiger partial charge in [-0.2, -0.15) is 5.26 Å². The van der Waals surface area contributed by atoms with Gasteiger partial charge in [0.25, 0.3) is 5.56 Å². The van der Waals surface area contributed by atoms with Crippen LogP contribution in [0.4, 0.5) is 0 Å². The SMILES string of the molecule is Cc1ccc(C(=O)[C@@H](C)OC(=O)CCc2c(C)[nH]c(=O)c(C#N)c2C)cc1. The predicted octanol–water partition coefficient (Wildman–Crippen LogP) is 2.92. The van der Waals surface area contributed by atoms with Crippen LogP contribution in [0.25, 0.3) is 0 Å². The largest absolute Gasteiger partial charge is 0.454 e. The zero-order chi connectivity index (χ0) is 20.1. The molecule has 0 spiro atoms. The third-order valence-electron chi connectivity index (χ3n) is 4.51. The first-order chi connectivity index (χ1) is 12.7. The number of Topliss-reactive ketones (excluding diaryl/α,β-unsaturated/α-hetero) is 1. The van der Waals surface area contributed by atoms with Gasteiger partial charge in [-0.25, -0.2) is 0 Å². The van der Waals surface area contributed by atoms with Gasteiger partial charge in [0.05, 0.1) is 0 Å². The number of hydrogen-bond acceptors (Lipinski definition) is 5. The number of ether oxygens (including phenoxy) is 1. The lowest BCUT2D eigenvalue weighted by Gasteiger charge is -2.14. The Morgan fingerprint density at radius 1 is 1.19 bits per heavy atom. The van der Waals surface area contributed by atoms with Gasteiger partial charge in [0.2, 0.25) is 5.78 Å². The van der Waals surface area contributed by atoms with Gasteiger partial charge in [-0.15, -0.1) is 0 Å². The lowest BCUT2D eigenvalue weighted by molar-refractivity contribution is -0.146. The van der Waals surface area contributed by atoms with E-state index in [0.717, 1.165) is 11.1 Å². The summed E-state index contributed by atoms with van der Waals surface area (Å²) in [6.07, 6.45) is -0.523. The number of carbonyl (C=O) groups is 2. The minimum Gasteiger partial charge on any atom is -0.454 e. The number of ketones is 1. The van der Waals surface area contributed by atoms with E-state index in [1.54, 1.807) is 32.9 Å². The van der Waals surface area contributed by atoms with Crippen LogP contribution >= 0.6 is 0 Å². The summed E-state index contributed by atoms with van der Waals surface area (Å²) in [5.41, 5.74) is 3.07. The fraction of sp³-hybridized carbons (Fsp3) is 0.333. The van der Waals surface area contributed by atoms with E-state index >= 15 is 0 Å². The molecule has 0 aliphatic rings. The molecule has 140 valence electrons. The van der Waals surface area contributed by atoms with E-state index in [9.17, 15) is 14.4 Å². The molecule has 0 aliphatic carbocycles. The van der Waals surface area contributed by atoms with Crippen LogP contribution in [0, 0.1) is 32.1 Å². The Kier molecular flexibility index (Phi) is 6.30. The maximum absolute atomic E-state index is 12.3. The monoisotopic (exact) mass is 366 g/mol. The Labute approximate surface area is 157 Å². The zero-order valence-corrected chi connectivity index (χ0v) is 15.9. The van der Waals surface area contributed by atoms with Gasteiger partial charge in [0, 0.05) is 17.7 Å². The normalized spacial score (nSPS) is 11.5. The van der Waals surface area contributed by atoms with Gasteiger partial charge in [-0.05, 0) is 45.2 Å². The molecule has 1 atom stereocenters. The summed E-state index contributed by atoms with van der Waals surface area (Å²) in [4.78, 5) is 38.9. The number of rotatable bonds is 6. The molecule has 2 rings (SSSR count). The van der Waals surface area contributed by atoms with Gasteiger partial charge in [-0.1, -0.05) is 29.8 Å². The molecule has 1 heterocycles. The highest BCUT2D eigenvalue weighted by atomic mass is 16.5. The van der Waals surface area contributed by atoms with E-state index in [-0.39, 0.29) is 17.8 Å². The second kappa shape index (κ2) is 8.45. The quantitative estimate of drug-likeness (QED) is 0.626. The molecule has 0 radical (unpaired) electrons. The molecule has 6 heteroatoms. The summed E-state index contributed by atoms with van der Waals surface area (Å²) in [6, 6.07) is 8.96. The van der Waals surface area contributed by atoms with Crippen LogP contribution < -0.4 is 5.56 Å². The van der Waals surface area contributed by atoms with Gasteiger partial charge in [0.15, 0.2) is 6.10 Å². The van der Waals surface area contributed by atoms with Crippen LogP contribution in [-0.2, 0) is 16.0 Å². The third-order valence-corrected chi connectivity index (χ3v) is 4.51. The number of carbonyl (C=O) groups excluding carboxylic acids is 2. The summed E-state index contributed by atoms with van der Waals surface area (Å²) < 4.78 is 5.25. The number of hydrogen-bond donors (Lipinski definition) is 1. The second-order valence-corrected chi connectivity index (χ2v) is 6.53. The molecule has 2 aromatic rings. The minimum absolute atomic E-state index is 0.0457. The molecule has 0 aliphatic heterocycles. The number of aromatic amines is 1. The smallest absolute Gasteiger partial charge is 0.306 e. The number of nitriles is 1. The highest BCUT2D eigenvalue weighted by Crippen LogP contribution is 2.16. The summed E-state index contributed by atoms with van der Waals surface area (Å²) >= 11 is 0. The lowest BCUT2D eigenvalue weighted by atomic mass is 9.99. The van der Waals surface area contributed by atoms with Crippen LogP contribution in [-0.4, -0.2) is 22.8 Å². The number of nitrogens with zero attached hydrogens (tertiary/aromatic N) is 1. The van der Waals surface area contributed by atoms with E-state index in [1.807, 2.05) is 25.1 Å². The predicted molar refractivity (Wildman–Crippen MR) is 101 cm³/mol. The van der Waals surface area contributed by atoms with Gasteiger partial charge < -0.3 is 9.72 Å². The van der Waals surface area contributed by atoms with Crippen molar-refractivity contribution in [2.45, 2.75) is 46.6 Å². The Morgan fingerprint density at radius 3 is 2.41 bits per heavy atom. The third kappa shape index (κ3) is 4.70. The number of benzene rings is 1. The molecular formula is C21H22N2O4. The Hall–Kier alpha value is -3.20. The van der Waals surface area contributed by atoms with E-state index in [2.05, 4.69) is 4.98 Å². The minimum atomic E-state index is -0.882. The van der Waals surface area contributed by atoms with Crippen LogP contribution in [0.15, 0.2) is 29.1 Å². The number of nitrogens with one attached hydrogen (secondary N) is 1. The first-order valence-electron chi connectivity index (χ1n) is 8.67. The first-order valence-corrected chi connectivity index (χ1v) is 8.67. The average Bonchev–Trinajstić information content (AvgIpc) is 2.61. The van der Waals surface area contributed by atoms with Crippen molar-refractivity contribution in [2.75, 3.05) is 0 Å². The molecule has 1 aromatic carbocycles. The molecule has 0 amide bonds. The van der Waals surface area contributed by atoms with Gasteiger partial charge >= 0.3 is 5.97 Å². The summed E-state index contributed by atoms with van der Waals surface area (Å²) in [6.45, 7) is 6.88. The lowest BCUT2D eigenvalue weighted by Crippen LogP contribution is -2.25. The van der Waals surface area contributed by atoms with Crippen LogP contribution in [0.2, 0.25) is 0 Å². The topological polar surface area (TPSA) is 100 Å². The van der Waals surface area contributed by atoms with Crippen molar-refractivity contribution in [1.29, 1.82) is 5.26 Å².